The number of hydrogen-bond acceptors (Lipinski definition) is 5. The van der Waals surface area contributed by atoms with Crippen LogP contribution in [0.5, 0.6) is 0 Å². The second kappa shape index (κ2) is 6.85. The predicted octanol–water partition coefficient (Wildman–Crippen LogP) is 0.448. The lowest BCUT2D eigenvalue weighted by Gasteiger charge is -2.30. The Morgan fingerprint density at radius 3 is 2.90 bits per heavy atom. The Bertz CT molecular complexity index is 555. The van der Waals surface area contributed by atoms with Gasteiger partial charge in [0.2, 0.25) is 10.0 Å². The number of piperidine rings is 1. The molecule has 0 aromatic carbocycles. The van der Waals surface area contributed by atoms with Gasteiger partial charge in [0.25, 0.3) is 0 Å². The largest absolute Gasteiger partial charge is 0.308 e. The van der Waals surface area contributed by atoms with Crippen LogP contribution in [0.1, 0.15) is 32.5 Å². The fraction of sp³-hybridized carbons (Fsp3) is 0.846. The lowest BCUT2D eigenvalue weighted by Crippen LogP contribution is -2.40. The predicted molar refractivity (Wildman–Crippen MR) is 81.1 cm³/mol. The van der Waals surface area contributed by atoms with Gasteiger partial charge in [-0.05, 0) is 18.8 Å². The van der Waals surface area contributed by atoms with Crippen LogP contribution in [0.25, 0.3) is 0 Å². The molecule has 0 saturated carbocycles. The van der Waals surface area contributed by atoms with E-state index in [1.54, 1.807) is 10.6 Å². The zero-order valence-electron chi connectivity index (χ0n) is 13.0. The third-order valence-corrected chi connectivity index (χ3v) is 4.92. The highest BCUT2D eigenvalue weighted by molar-refractivity contribution is 7.88. The van der Waals surface area contributed by atoms with Crippen molar-refractivity contribution in [2.75, 3.05) is 19.3 Å². The van der Waals surface area contributed by atoms with Crippen LogP contribution in [0.2, 0.25) is 0 Å². The van der Waals surface area contributed by atoms with Crippen molar-refractivity contribution >= 4 is 10.0 Å². The number of sulfonamides is 1. The van der Waals surface area contributed by atoms with Gasteiger partial charge < -0.3 is 5.32 Å². The Kier molecular flexibility index (Phi) is 5.34. The molecule has 1 fully saturated rings. The van der Waals surface area contributed by atoms with Crippen LogP contribution in [0.15, 0.2) is 6.33 Å². The van der Waals surface area contributed by atoms with Crippen LogP contribution in [-0.2, 0) is 23.1 Å². The number of aromatic nitrogens is 3. The molecule has 120 valence electrons. The van der Waals surface area contributed by atoms with Crippen molar-refractivity contribution in [2.24, 2.45) is 5.92 Å². The molecule has 1 N–H and O–H groups in total. The van der Waals surface area contributed by atoms with Crippen molar-refractivity contribution in [2.45, 2.75) is 45.8 Å². The Balaban J connectivity index is 1.89. The Labute approximate surface area is 126 Å². The standard InChI is InChI=1S/C13H25N5O2S/c1-11(2)14-7-13-15-10-17(16-13)8-12-5-4-6-18(9-12)21(3,19)20/h10-12,14H,4-9H2,1-3H3. The zero-order valence-corrected chi connectivity index (χ0v) is 13.8. The smallest absolute Gasteiger partial charge is 0.211 e. The second-order valence-electron chi connectivity index (χ2n) is 6.05. The van der Waals surface area contributed by atoms with E-state index in [0.29, 0.717) is 31.6 Å². The van der Waals surface area contributed by atoms with E-state index in [1.807, 2.05) is 4.68 Å². The van der Waals surface area contributed by atoms with E-state index in [0.717, 1.165) is 25.2 Å². The second-order valence-corrected chi connectivity index (χ2v) is 8.03. The van der Waals surface area contributed by atoms with E-state index in [9.17, 15) is 8.42 Å². The number of nitrogens with zero attached hydrogens (tertiary/aromatic N) is 4. The van der Waals surface area contributed by atoms with Gasteiger partial charge in [0, 0.05) is 25.7 Å². The van der Waals surface area contributed by atoms with Crippen LogP contribution >= 0.6 is 0 Å². The summed E-state index contributed by atoms with van der Waals surface area (Å²) >= 11 is 0. The summed E-state index contributed by atoms with van der Waals surface area (Å²) in [6.07, 6.45) is 4.96. The normalized spacial score (nSPS) is 21.0. The maximum atomic E-state index is 11.6. The fourth-order valence-electron chi connectivity index (χ4n) is 2.54. The van der Waals surface area contributed by atoms with Gasteiger partial charge in [-0.2, -0.15) is 5.10 Å². The minimum Gasteiger partial charge on any atom is -0.308 e. The van der Waals surface area contributed by atoms with Gasteiger partial charge in [0.1, 0.15) is 6.33 Å². The summed E-state index contributed by atoms with van der Waals surface area (Å²) in [6.45, 7) is 6.76. The SMILES string of the molecule is CC(C)NCc1ncn(CC2CCCN(S(C)(=O)=O)C2)n1. The zero-order chi connectivity index (χ0) is 15.5. The summed E-state index contributed by atoms with van der Waals surface area (Å²) in [7, 11) is -3.09. The van der Waals surface area contributed by atoms with E-state index in [4.69, 9.17) is 0 Å². The van der Waals surface area contributed by atoms with Gasteiger partial charge in [0.15, 0.2) is 5.82 Å². The molecule has 1 aromatic heterocycles. The molecule has 2 rings (SSSR count). The summed E-state index contributed by atoms with van der Waals surface area (Å²) in [4.78, 5) is 4.28. The van der Waals surface area contributed by atoms with Crippen molar-refractivity contribution in [3.8, 4) is 0 Å². The molecule has 1 unspecified atom stereocenters. The molecule has 1 saturated heterocycles. The number of nitrogens with one attached hydrogen (secondary N) is 1. The minimum atomic E-state index is -3.09. The quantitative estimate of drug-likeness (QED) is 0.824. The van der Waals surface area contributed by atoms with Gasteiger partial charge in [-0.3, -0.25) is 4.68 Å². The lowest BCUT2D eigenvalue weighted by molar-refractivity contribution is 0.240. The van der Waals surface area contributed by atoms with Gasteiger partial charge in [0.05, 0.1) is 12.8 Å². The Hall–Kier alpha value is -0.990. The molecular formula is C13H25N5O2S. The Morgan fingerprint density at radius 1 is 1.48 bits per heavy atom. The maximum absolute atomic E-state index is 11.6. The van der Waals surface area contributed by atoms with Crippen molar-refractivity contribution < 1.29 is 8.42 Å². The molecule has 1 atom stereocenters. The molecule has 7 nitrogen and oxygen atoms in total. The van der Waals surface area contributed by atoms with Crippen LogP contribution in [0, 0.1) is 5.92 Å². The van der Waals surface area contributed by atoms with Gasteiger partial charge in [-0.15, -0.1) is 0 Å². The first-order valence-corrected chi connectivity index (χ1v) is 9.26. The molecule has 1 aliphatic rings. The summed E-state index contributed by atoms with van der Waals surface area (Å²) < 4.78 is 26.6. The third kappa shape index (κ3) is 5.05. The molecule has 21 heavy (non-hydrogen) atoms. The molecular weight excluding hydrogens is 290 g/mol. The molecule has 1 aliphatic heterocycles. The van der Waals surface area contributed by atoms with E-state index in [-0.39, 0.29) is 0 Å². The van der Waals surface area contributed by atoms with Crippen LogP contribution in [0.3, 0.4) is 0 Å². The molecule has 0 spiro atoms. The molecule has 8 heteroatoms. The minimum absolute atomic E-state index is 0.307. The molecule has 0 radical (unpaired) electrons. The highest BCUT2D eigenvalue weighted by Gasteiger charge is 2.26. The van der Waals surface area contributed by atoms with Crippen LogP contribution < -0.4 is 5.32 Å². The first-order valence-electron chi connectivity index (χ1n) is 7.41. The van der Waals surface area contributed by atoms with Gasteiger partial charge in [-0.1, -0.05) is 13.8 Å². The summed E-state index contributed by atoms with van der Waals surface area (Å²) in [6, 6.07) is 0.401. The van der Waals surface area contributed by atoms with E-state index >= 15 is 0 Å². The summed E-state index contributed by atoms with van der Waals surface area (Å²) in [5.41, 5.74) is 0. The first kappa shape index (κ1) is 16.4. The lowest BCUT2D eigenvalue weighted by atomic mass is 10.00. The summed E-state index contributed by atoms with van der Waals surface area (Å²) in [5.74, 6) is 1.08. The van der Waals surface area contributed by atoms with Gasteiger partial charge >= 0.3 is 0 Å². The molecule has 0 aliphatic carbocycles. The fourth-order valence-corrected chi connectivity index (χ4v) is 3.48. The van der Waals surface area contributed by atoms with Crippen LogP contribution in [0.4, 0.5) is 0 Å². The molecule has 1 aromatic rings. The first-order chi connectivity index (χ1) is 9.84. The van der Waals surface area contributed by atoms with E-state index in [2.05, 4.69) is 29.2 Å². The Morgan fingerprint density at radius 2 is 2.24 bits per heavy atom. The average Bonchev–Trinajstić information content (AvgIpc) is 2.83. The van der Waals surface area contributed by atoms with Crippen LogP contribution in [-0.4, -0.2) is 52.9 Å². The molecule has 2 heterocycles. The van der Waals surface area contributed by atoms with Gasteiger partial charge in [-0.25, -0.2) is 17.7 Å². The monoisotopic (exact) mass is 315 g/mol. The third-order valence-electron chi connectivity index (χ3n) is 3.65. The highest BCUT2D eigenvalue weighted by atomic mass is 32.2. The van der Waals surface area contributed by atoms with Crippen molar-refractivity contribution in [1.82, 2.24) is 24.4 Å². The van der Waals surface area contributed by atoms with Crippen molar-refractivity contribution in [3.63, 3.8) is 0 Å². The molecule has 0 bridgehead atoms. The summed E-state index contributed by atoms with van der Waals surface area (Å²) in [5, 5.41) is 7.72. The highest BCUT2D eigenvalue weighted by Crippen LogP contribution is 2.19. The molecule has 0 amide bonds. The maximum Gasteiger partial charge on any atom is 0.211 e. The van der Waals surface area contributed by atoms with Crippen molar-refractivity contribution in [3.05, 3.63) is 12.2 Å². The number of hydrogen-bond donors (Lipinski definition) is 1. The van der Waals surface area contributed by atoms with Crippen molar-refractivity contribution in [1.29, 1.82) is 0 Å². The van der Waals surface area contributed by atoms with E-state index < -0.39 is 10.0 Å². The number of rotatable bonds is 6. The topological polar surface area (TPSA) is 80.1 Å². The van der Waals surface area contributed by atoms with E-state index in [1.165, 1.54) is 6.26 Å². The average molecular weight is 315 g/mol.